The van der Waals surface area contributed by atoms with Crippen molar-refractivity contribution in [3.63, 3.8) is 0 Å². The molecule has 2 heterocycles. The molecule has 0 aliphatic carbocycles. The third-order valence-corrected chi connectivity index (χ3v) is 3.22. The first-order valence-electron chi connectivity index (χ1n) is 6.41. The lowest BCUT2D eigenvalue weighted by Gasteiger charge is -2.29. The molecule has 4 N–H and O–H groups in total. The number of aliphatic hydroxyl groups is 1. The fourth-order valence-corrected chi connectivity index (χ4v) is 2.14. The Balaban J connectivity index is 1.65. The molecule has 2 rings (SSSR count). The van der Waals surface area contributed by atoms with E-state index in [9.17, 15) is 9.90 Å². The summed E-state index contributed by atoms with van der Waals surface area (Å²) >= 11 is 0. The molecule has 0 saturated carbocycles. The van der Waals surface area contributed by atoms with Gasteiger partial charge in [-0.15, -0.1) is 0 Å². The van der Waals surface area contributed by atoms with E-state index in [2.05, 4.69) is 20.8 Å². The molecule has 2 atom stereocenters. The maximum absolute atomic E-state index is 11.7. The molecule has 1 aliphatic rings. The molecule has 0 unspecified atom stereocenters. The second-order valence-corrected chi connectivity index (χ2v) is 4.69. The first kappa shape index (κ1) is 13.0. The summed E-state index contributed by atoms with van der Waals surface area (Å²) in [6.07, 6.45) is 5.99. The van der Waals surface area contributed by atoms with Crippen LogP contribution in [0.25, 0.3) is 0 Å². The van der Waals surface area contributed by atoms with Crippen LogP contribution in [0.2, 0.25) is 0 Å². The van der Waals surface area contributed by atoms with E-state index in [4.69, 9.17) is 0 Å². The molecule has 1 aromatic rings. The zero-order valence-electron chi connectivity index (χ0n) is 10.4. The van der Waals surface area contributed by atoms with Gasteiger partial charge in [-0.1, -0.05) is 0 Å². The van der Waals surface area contributed by atoms with Gasteiger partial charge in [0.15, 0.2) is 0 Å². The van der Waals surface area contributed by atoms with Crippen LogP contribution in [-0.4, -0.2) is 46.4 Å². The Morgan fingerprint density at radius 1 is 1.61 bits per heavy atom. The number of rotatable bonds is 5. The van der Waals surface area contributed by atoms with Crippen LogP contribution in [0.4, 0.5) is 0 Å². The van der Waals surface area contributed by atoms with E-state index in [0.717, 1.165) is 24.9 Å². The lowest BCUT2D eigenvalue weighted by molar-refractivity contribution is -0.122. The molecule has 0 spiro atoms. The summed E-state index contributed by atoms with van der Waals surface area (Å²) in [5, 5.41) is 22.4. The highest BCUT2D eigenvalue weighted by Crippen LogP contribution is 2.05. The zero-order valence-corrected chi connectivity index (χ0v) is 10.4. The highest BCUT2D eigenvalue weighted by Gasteiger charge is 2.23. The predicted octanol–water partition coefficient (Wildman–Crippen LogP) is -0.429. The standard InChI is InChI=1S/C12H20N4O2/c17-11-4-5-13-8-10(11)16-12(18)3-1-2-9-6-14-15-7-9/h6-7,10-11,13,17H,1-5,8H2,(H,14,15)(H,16,18)/t10-,11+/m0/s1. The Hall–Kier alpha value is -1.40. The number of hydrogen-bond donors (Lipinski definition) is 4. The van der Waals surface area contributed by atoms with Gasteiger partial charge in [0, 0.05) is 19.2 Å². The lowest BCUT2D eigenvalue weighted by atomic mass is 10.0. The molecule has 0 radical (unpaired) electrons. The molecular formula is C12H20N4O2. The van der Waals surface area contributed by atoms with Crippen molar-refractivity contribution in [1.29, 1.82) is 0 Å². The first-order chi connectivity index (χ1) is 8.75. The van der Waals surface area contributed by atoms with Crippen molar-refractivity contribution in [2.24, 2.45) is 0 Å². The third-order valence-electron chi connectivity index (χ3n) is 3.22. The highest BCUT2D eigenvalue weighted by atomic mass is 16.3. The molecule has 1 fully saturated rings. The summed E-state index contributed by atoms with van der Waals surface area (Å²) in [6.45, 7) is 1.46. The molecule has 6 heteroatoms. The Morgan fingerprint density at radius 3 is 3.22 bits per heavy atom. The second-order valence-electron chi connectivity index (χ2n) is 4.69. The van der Waals surface area contributed by atoms with Crippen molar-refractivity contribution in [1.82, 2.24) is 20.8 Å². The maximum Gasteiger partial charge on any atom is 0.220 e. The number of H-pyrrole nitrogens is 1. The Labute approximate surface area is 106 Å². The number of aromatic amines is 1. The largest absolute Gasteiger partial charge is 0.391 e. The zero-order chi connectivity index (χ0) is 12.8. The third kappa shape index (κ3) is 3.82. The fourth-order valence-electron chi connectivity index (χ4n) is 2.14. The van der Waals surface area contributed by atoms with Gasteiger partial charge in [-0.05, 0) is 31.4 Å². The number of amides is 1. The van der Waals surface area contributed by atoms with Crippen LogP contribution < -0.4 is 10.6 Å². The summed E-state index contributed by atoms with van der Waals surface area (Å²) in [5.41, 5.74) is 1.11. The van der Waals surface area contributed by atoms with Crippen LogP contribution in [0.15, 0.2) is 12.4 Å². The molecule has 18 heavy (non-hydrogen) atoms. The van der Waals surface area contributed by atoms with Crippen LogP contribution in [0, 0.1) is 0 Å². The normalized spacial score (nSPS) is 23.8. The van der Waals surface area contributed by atoms with Gasteiger partial charge >= 0.3 is 0 Å². The van der Waals surface area contributed by atoms with Gasteiger partial charge in [-0.3, -0.25) is 9.89 Å². The van der Waals surface area contributed by atoms with Crippen LogP contribution in [-0.2, 0) is 11.2 Å². The molecule has 0 aromatic carbocycles. The van der Waals surface area contributed by atoms with Gasteiger partial charge < -0.3 is 15.7 Å². The number of carbonyl (C=O) groups is 1. The average molecular weight is 252 g/mol. The monoisotopic (exact) mass is 252 g/mol. The summed E-state index contributed by atoms with van der Waals surface area (Å²) in [7, 11) is 0. The molecule has 6 nitrogen and oxygen atoms in total. The molecule has 1 amide bonds. The Bertz CT molecular complexity index is 366. The minimum atomic E-state index is -0.427. The van der Waals surface area contributed by atoms with Crippen LogP contribution in [0.5, 0.6) is 0 Å². The van der Waals surface area contributed by atoms with Gasteiger partial charge in [-0.2, -0.15) is 5.10 Å². The smallest absolute Gasteiger partial charge is 0.220 e. The number of nitrogens with one attached hydrogen (secondary N) is 3. The van der Waals surface area contributed by atoms with Crippen molar-refractivity contribution in [2.45, 2.75) is 37.8 Å². The molecular weight excluding hydrogens is 232 g/mol. The van der Waals surface area contributed by atoms with Crippen molar-refractivity contribution < 1.29 is 9.90 Å². The van der Waals surface area contributed by atoms with Crippen LogP contribution in [0.3, 0.4) is 0 Å². The topological polar surface area (TPSA) is 90.0 Å². The van der Waals surface area contributed by atoms with Crippen molar-refractivity contribution in [3.8, 4) is 0 Å². The van der Waals surface area contributed by atoms with Gasteiger partial charge in [0.05, 0.1) is 18.3 Å². The van der Waals surface area contributed by atoms with Crippen molar-refractivity contribution in [2.75, 3.05) is 13.1 Å². The number of aryl methyl sites for hydroxylation is 1. The Kier molecular flexibility index (Phi) is 4.72. The van der Waals surface area contributed by atoms with Gasteiger partial charge in [-0.25, -0.2) is 0 Å². The van der Waals surface area contributed by atoms with Gasteiger partial charge in [0.1, 0.15) is 0 Å². The fraction of sp³-hybridized carbons (Fsp3) is 0.667. The predicted molar refractivity (Wildman–Crippen MR) is 66.9 cm³/mol. The molecule has 1 saturated heterocycles. The molecule has 1 aliphatic heterocycles. The quantitative estimate of drug-likeness (QED) is 0.572. The number of hydrogen-bond acceptors (Lipinski definition) is 4. The highest BCUT2D eigenvalue weighted by molar-refractivity contribution is 5.76. The van der Waals surface area contributed by atoms with E-state index in [-0.39, 0.29) is 11.9 Å². The summed E-state index contributed by atoms with van der Waals surface area (Å²) < 4.78 is 0. The van der Waals surface area contributed by atoms with Crippen molar-refractivity contribution in [3.05, 3.63) is 18.0 Å². The molecule has 100 valence electrons. The SMILES string of the molecule is O=C(CCCc1cn[nH]c1)N[C@H]1CNCC[C@H]1O. The summed E-state index contributed by atoms with van der Waals surface area (Å²) in [5.74, 6) is 0.00578. The van der Waals surface area contributed by atoms with E-state index in [1.165, 1.54) is 0 Å². The van der Waals surface area contributed by atoms with Crippen LogP contribution in [0.1, 0.15) is 24.8 Å². The first-order valence-corrected chi connectivity index (χ1v) is 6.41. The van der Waals surface area contributed by atoms with Crippen LogP contribution >= 0.6 is 0 Å². The average Bonchev–Trinajstić information content (AvgIpc) is 2.85. The number of carbonyl (C=O) groups excluding carboxylic acids is 1. The van der Waals surface area contributed by atoms with Crippen molar-refractivity contribution >= 4 is 5.91 Å². The molecule has 1 aromatic heterocycles. The summed E-state index contributed by atoms with van der Waals surface area (Å²) in [6, 6.07) is -0.153. The summed E-state index contributed by atoms with van der Waals surface area (Å²) in [4.78, 5) is 11.7. The van der Waals surface area contributed by atoms with E-state index in [1.54, 1.807) is 6.20 Å². The Morgan fingerprint density at radius 2 is 2.50 bits per heavy atom. The minimum absolute atomic E-state index is 0.00578. The maximum atomic E-state index is 11.7. The van der Waals surface area contributed by atoms with Gasteiger partial charge in [0.2, 0.25) is 5.91 Å². The minimum Gasteiger partial charge on any atom is -0.391 e. The second kappa shape index (κ2) is 6.51. The number of nitrogens with zero attached hydrogens (tertiary/aromatic N) is 1. The van der Waals surface area contributed by atoms with E-state index in [1.807, 2.05) is 6.20 Å². The number of aromatic nitrogens is 2. The number of aliphatic hydroxyl groups excluding tert-OH is 1. The van der Waals surface area contributed by atoms with E-state index < -0.39 is 6.10 Å². The van der Waals surface area contributed by atoms with E-state index in [0.29, 0.717) is 19.4 Å². The lowest BCUT2D eigenvalue weighted by Crippen LogP contribution is -2.53. The number of piperidine rings is 1. The van der Waals surface area contributed by atoms with Gasteiger partial charge in [0.25, 0.3) is 0 Å². The van der Waals surface area contributed by atoms with E-state index >= 15 is 0 Å². The molecule has 0 bridgehead atoms.